The van der Waals surface area contributed by atoms with Gasteiger partial charge in [0.2, 0.25) is 25.9 Å². The summed E-state index contributed by atoms with van der Waals surface area (Å²) >= 11 is 1.19. The van der Waals surface area contributed by atoms with Crippen LogP contribution in [0.4, 0.5) is 4.79 Å². The van der Waals surface area contributed by atoms with Gasteiger partial charge in [0.15, 0.2) is 5.01 Å². The van der Waals surface area contributed by atoms with Crippen LogP contribution in [0, 0.1) is 11.3 Å². The molecule has 1 aliphatic heterocycles. The van der Waals surface area contributed by atoms with Crippen molar-refractivity contribution >= 4 is 47.7 Å². The molecule has 1 aliphatic rings. The second-order valence-electron chi connectivity index (χ2n) is 17.1. The molecule has 0 radical (unpaired) electrons. The van der Waals surface area contributed by atoms with E-state index in [-0.39, 0.29) is 61.1 Å². The summed E-state index contributed by atoms with van der Waals surface area (Å²) in [6.07, 6.45) is -0.374. The molecular formula is C48H49N9O9S3. The van der Waals surface area contributed by atoms with Crippen LogP contribution < -0.4 is 18.9 Å². The number of carbonyl (C=O) groups excluding carboxylic acids is 1. The average molecular weight is 992 g/mol. The van der Waals surface area contributed by atoms with Crippen molar-refractivity contribution in [2.75, 3.05) is 34.4 Å². The Bertz CT molecular complexity index is 3210. The lowest BCUT2D eigenvalue weighted by molar-refractivity contribution is 0.0291. The Morgan fingerprint density at radius 1 is 0.841 bits per heavy atom. The molecule has 1 atom stereocenters. The first-order valence-electron chi connectivity index (χ1n) is 21.6. The first kappa shape index (κ1) is 48.5. The molecule has 358 valence electrons. The predicted molar refractivity (Wildman–Crippen MR) is 258 cm³/mol. The van der Waals surface area contributed by atoms with E-state index in [1.54, 1.807) is 107 Å². The van der Waals surface area contributed by atoms with E-state index in [9.17, 15) is 10.1 Å². The van der Waals surface area contributed by atoms with E-state index in [4.69, 9.17) is 24.0 Å². The van der Waals surface area contributed by atoms with Gasteiger partial charge in [0, 0.05) is 32.2 Å². The van der Waals surface area contributed by atoms with Crippen molar-refractivity contribution in [3.05, 3.63) is 125 Å². The molecule has 3 heterocycles. The molecule has 2 aromatic heterocycles. The van der Waals surface area contributed by atoms with Crippen molar-refractivity contribution in [2.24, 2.45) is 0 Å². The number of aromatic nitrogens is 5. The van der Waals surface area contributed by atoms with Crippen molar-refractivity contribution in [1.82, 2.24) is 39.1 Å². The van der Waals surface area contributed by atoms with E-state index in [1.807, 2.05) is 12.1 Å². The fourth-order valence-corrected chi connectivity index (χ4v) is 12.2. The highest BCUT2D eigenvalue weighted by molar-refractivity contribution is 7.92. The van der Waals surface area contributed by atoms with Gasteiger partial charge < -0.3 is 23.8 Å². The average Bonchev–Trinajstić information content (AvgIpc) is 4.11. The standard InChI is InChI=1S/C48H49N9O9S3/c1-48(2,3)66-47(58)55-24-23-35(30-55)53-68(59,60)42-22-20-39(34-13-21-41-40(25-34)50-43(26-49)67-41)44(46-51-54-57(52-46)29-33-11-18-38(65-6)19-12-33)45(42)69(61,62)56(27-31-7-14-36(63-4)15-8-31)28-32-9-16-37(64-5)17-10-32/h7-22,25,35,53H,23-24,27-30H2,1-6H3/t35-/m1/s1. The number of amides is 1. The zero-order valence-electron chi connectivity index (χ0n) is 38.6. The first-order chi connectivity index (χ1) is 33.0. The van der Waals surface area contributed by atoms with Gasteiger partial charge in [0.05, 0.1) is 43.7 Å². The lowest BCUT2D eigenvalue weighted by atomic mass is 9.99. The number of rotatable bonds is 16. The predicted octanol–water partition coefficient (Wildman–Crippen LogP) is 7.24. The van der Waals surface area contributed by atoms with Gasteiger partial charge in [-0.25, -0.2) is 31.3 Å². The molecule has 69 heavy (non-hydrogen) atoms. The summed E-state index contributed by atoms with van der Waals surface area (Å²) in [6, 6.07) is 30.2. The summed E-state index contributed by atoms with van der Waals surface area (Å²) in [7, 11) is -5.10. The molecule has 1 fully saturated rings. The number of benzene rings is 5. The second kappa shape index (κ2) is 19.9. The topological polar surface area (TPSA) is 221 Å². The van der Waals surface area contributed by atoms with Gasteiger partial charge >= 0.3 is 6.09 Å². The smallest absolute Gasteiger partial charge is 0.410 e. The van der Waals surface area contributed by atoms with Gasteiger partial charge in [-0.1, -0.05) is 48.5 Å². The number of tetrazole rings is 1. The Kier molecular flexibility index (Phi) is 14.0. The molecule has 18 nitrogen and oxygen atoms in total. The van der Waals surface area contributed by atoms with Crippen LogP contribution in [0.25, 0.3) is 32.7 Å². The van der Waals surface area contributed by atoms with Crippen LogP contribution in [0.1, 0.15) is 48.9 Å². The minimum Gasteiger partial charge on any atom is -0.497 e. The quantitative estimate of drug-likeness (QED) is 0.101. The second-order valence-corrected chi connectivity index (χ2v) is 21.7. The number of sulfonamides is 2. The molecule has 8 rings (SSSR count). The third-order valence-electron chi connectivity index (χ3n) is 11.2. The summed E-state index contributed by atoms with van der Waals surface area (Å²) in [5, 5.41) is 23.4. The van der Waals surface area contributed by atoms with E-state index < -0.39 is 47.6 Å². The van der Waals surface area contributed by atoms with Crippen LogP contribution in [0.2, 0.25) is 0 Å². The van der Waals surface area contributed by atoms with E-state index in [1.165, 1.54) is 51.7 Å². The summed E-state index contributed by atoms with van der Waals surface area (Å²) in [5.41, 5.74) is 2.15. The van der Waals surface area contributed by atoms with Gasteiger partial charge in [-0.2, -0.15) is 14.4 Å². The van der Waals surface area contributed by atoms with E-state index in [2.05, 4.69) is 26.1 Å². The van der Waals surface area contributed by atoms with E-state index in [0.717, 1.165) is 5.56 Å². The number of nitrogens with one attached hydrogen (secondary N) is 1. The van der Waals surface area contributed by atoms with Crippen LogP contribution in [0.3, 0.4) is 0 Å². The molecule has 21 heteroatoms. The Hall–Kier alpha value is -6.96. The van der Waals surface area contributed by atoms with Crippen molar-refractivity contribution in [2.45, 2.75) is 68.3 Å². The molecular weight excluding hydrogens is 943 g/mol. The number of hydrogen-bond acceptors (Lipinski definition) is 15. The molecule has 1 N–H and O–H groups in total. The Morgan fingerprint density at radius 3 is 2.00 bits per heavy atom. The van der Waals surface area contributed by atoms with E-state index in [0.29, 0.717) is 44.2 Å². The molecule has 0 spiro atoms. The van der Waals surface area contributed by atoms with Gasteiger partial charge in [0.1, 0.15) is 38.7 Å². The van der Waals surface area contributed by atoms with Crippen LogP contribution in [-0.4, -0.2) is 103 Å². The highest BCUT2D eigenvalue weighted by atomic mass is 32.2. The number of likely N-dealkylation sites (tertiary alicyclic amines) is 1. The fourth-order valence-electron chi connectivity index (χ4n) is 7.80. The van der Waals surface area contributed by atoms with Crippen molar-refractivity contribution < 1.29 is 40.6 Å². The normalized spacial score (nSPS) is 14.2. The van der Waals surface area contributed by atoms with Gasteiger partial charge in [-0.15, -0.1) is 21.5 Å². The number of nitriles is 1. The third kappa shape index (κ3) is 11.0. The van der Waals surface area contributed by atoms with Gasteiger partial charge in [0.25, 0.3) is 0 Å². The molecule has 0 aliphatic carbocycles. The summed E-state index contributed by atoms with van der Waals surface area (Å²) in [5.74, 6) is 1.56. The number of thiazole rings is 1. The SMILES string of the molecule is COc1ccc(CN(Cc2ccc(OC)cc2)S(=O)(=O)c2c(S(=O)(=O)N[C@@H]3CCN(C(=O)OC(C)(C)C)C3)ccc(-c3ccc4sc(C#N)nc4c3)c2-c2nnn(Cc3ccc(OC)cc3)n2)cc1. The number of hydrogen-bond donors (Lipinski definition) is 1. The maximum atomic E-state index is 16.1. The monoisotopic (exact) mass is 991 g/mol. The van der Waals surface area contributed by atoms with Crippen molar-refractivity contribution in [3.8, 4) is 45.8 Å². The van der Waals surface area contributed by atoms with Crippen LogP contribution in [0.15, 0.2) is 113 Å². The zero-order chi connectivity index (χ0) is 49.1. The number of fused-ring (bicyclic) bond motifs is 1. The maximum Gasteiger partial charge on any atom is 0.410 e. The first-order valence-corrected chi connectivity index (χ1v) is 25.4. The molecule has 0 saturated carbocycles. The zero-order valence-corrected chi connectivity index (χ0v) is 41.1. The Labute approximate surface area is 404 Å². The highest BCUT2D eigenvalue weighted by Crippen LogP contribution is 2.42. The van der Waals surface area contributed by atoms with Gasteiger partial charge in [-0.05, 0) is 115 Å². The molecule has 0 unspecified atom stereocenters. The van der Waals surface area contributed by atoms with Crippen LogP contribution in [0.5, 0.6) is 17.2 Å². The molecule has 1 amide bonds. The Morgan fingerprint density at radius 2 is 1.43 bits per heavy atom. The van der Waals surface area contributed by atoms with E-state index >= 15 is 16.8 Å². The minimum atomic E-state index is -4.95. The van der Waals surface area contributed by atoms with Crippen molar-refractivity contribution in [3.63, 3.8) is 0 Å². The minimum absolute atomic E-state index is 0.0260. The molecule has 7 aromatic rings. The number of nitrogens with zero attached hydrogens (tertiary/aromatic N) is 8. The number of carbonyl (C=O) groups is 1. The lowest BCUT2D eigenvalue weighted by Crippen LogP contribution is -2.41. The maximum absolute atomic E-state index is 16.1. The summed E-state index contributed by atoms with van der Waals surface area (Å²) in [6.45, 7) is 5.09. The fraction of sp³-hybridized carbons (Fsp3) is 0.292. The number of ether oxygens (including phenoxy) is 4. The third-order valence-corrected chi connectivity index (χ3v) is 15.7. The lowest BCUT2D eigenvalue weighted by Gasteiger charge is -2.27. The van der Waals surface area contributed by atoms with Crippen LogP contribution in [-0.2, 0) is 44.4 Å². The highest BCUT2D eigenvalue weighted by Gasteiger charge is 2.40. The Balaban J connectivity index is 1.34. The van der Waals surface area contributed by atoms with Gasteiger partial charge in [-0.3, -0.25) is 0 Å². The number of methoxy groups -OCH3 is 3. The largest absolute Gasteiger partial charge is 0.497 e. The molecule has 1 saturated heterocycles. The molecule has 5 aromatic carbocycles. The summed E-state index contributed by atoms with van der Waals surface area (Å²) < 4.78 is 88.8. The summed E-state index contributed by atoms with van der Waals surface area (Å²) in [4.78, 5) is 19.0. The molecule has 0 bridgehead atoms. The van der Waals surface area contributed by atoms with Crippen molar-refractivity contribution in [1.29, 1.82) is 5.26 Å². The van der Waals surface area contributed by atoms with Crippen LogP contribution >= 0.6 is 11.3 Å².